The number of methoxy groups -OCH3 is 1. The molecule has 2 aromatic carbocycles. The van der Waals surface area contributed by atoms with Crippen molar-refractivity contribution < 1.29 is 19.1 Å². The van der Waals surface area contributed by atoms with Crippen molar-refractivity contribution in [3.8, 4) is 5.75 Å². The molecule has 0 saturated heterocycles. The van der Waals surface area contributed by atoms with Crippen LogP contribution in [0, 0.1) is 3.57 Å². The van der Waals surface area contributed by atoms with Crippen molar-refractivity contribution in [2.45, 2.75) is 6.61 Å². The molecule has 0 spiro atoms. The summed E-state index contributed by atoms with van der Waals surface area (Å²) < 4.78 is 11.2. The normalized spacial score (nSPS) is 9.91. The van der Waals surface area contributed by atoms with E-state index < -0.39 is 5.97 Å². The van der Waals surface area contributed by atoms with Crippen molar-refractivity contribution in [2.75, 3.05) is 12.4 Å². The van der Waals surface area contributed by atoms with Crippen LogP contribution in [-0.2, 0) is 16.1 Å². The van der Waals surface area contributed by atoms with Crippen molar-refractivity contribution in [1.82, 2.24) is 0 Å². The first-order valence-corrected chi connectivity index (χ1v) is 7.52. The van der Waals surface area contributed by atoms with Gasteiger partial charge in [-0.15, -0.1) is 0 Å². The molecule has 22 heavy (non-hydrogen) atoms. The lowest BCUT2D eigenvalue weighted by atomic mass is 10.2. The zero-order valence-electron chi connectivity index (χ0n) is 11.8. The molecule has 1 amide bonds. The summed E-state index contributed by atoms with van der Waals surface area (Å²) >= 11 is 2.03. The maximum Gasteiger partial charge on any atom is 0.338 e. The second kappa shape index (κ2) is 7.79. The van der Waals surface area contributed by atoms with Gasteiger partial charge >= 0.3 is 5.97 Å². The van der Waals surface area contributed by atoms with Gasteiger partial charge in [0.2, 0.25) is 6.41 Å². The van der Waals surface area contributed by atoms with Crippen LogP contribution in [0.1, 0.15) is 15.9 Å². The molecule has 0 atom stereocenters. The predicted octanol–water partition coefficient (Wildman–Crippen LogP) is 3.23. The Kier molecular flexibility index (Phi) is 5.76. The first-order chi connectivity index (χ1) is 10.7. The quantitative estimate of drug-likeness (QED) is 0.451. The molecule has 0 heterocycles. The number of rotatable bonds is 6. The van der Waals surface area contributed by atoms with E-state index in [1.807, 2.05) is 52.9 Å². The number of carbonyl (C=O) groups is 2. The third-order valence-corrected chi connectivity index (χ3v) is 3.77. The molecule has 0 saturated carbocycles. The highest BCUT2D eigenvalue weighted by atomic mass is 127. The van der Waals surface area contributed by atoms with E-state index in [4.69, 9.17) is 9.47 Å². The minimum Gasteiger partial charge on any atom is -0.487 e. The molecule has 6 heteroatoms. The van der Waals surface area contributed by atoms with Gasteiger partial charge in [0.05, 0.1) is 18.4 Å². The molecular formula is C16H14INO4. The van der Waals surface area contributed by atoms with Gasteiger partial charge in [-0.3, -0.25) is 4.79 Å². The Morgan fingerprint density at radius 2 is 2.00 bits per heavy atom. The molecule has 2 aromatic rings. The van der Waals surface area contributed by atoms with Gasteiger partial charge in [-0.05, 0) is 40.3 Å². The Bertz CT molecular complexity index is 673. The number of carbonyl (C=O) groups excluding carboxylic acids is 2. The Morgan fingerprint density at radius 3 is 2.64 bits per heavy atom. The Hall–Kier alpha value is -2.09. The first kappa shape index (κ1) is 16.3. The van der Waals surface area contributed by atoms with Gasteiger partial charge in [0.15, 0.2) is 0 Å². The van der Waals surface area contributed by atoms with Crippen molar-refractivity contribution in [2.24, 2.45) is 0 Å². The van der Waals surface area contributed by atoms with E-state index in [-0.39, 0.29) is 0 Å². The summed E-state index contributed by atoms with van der Waals surface area (Å²) in [5.74, 6) is -0.0385. The number of ether oxygens (including phenoxy) is 2. The van der Waals surface area contributed by atoms with E-state index in [0.29, 0.717) is 33.6 Å². The van der Waals surface area contributed by atoms with E-state index in [2.05, 4.69) is 5.32 Å². The summed E-state index contributed by atoms with van der Waals surface area (Å²) in [5, 5.41) is 2.60. The Labute approximate surface area is 141 Å². The summed E-state index contributed by atoms with van der Waals surface area (Å²) in [5.41, 5.74) is 1.88. The second-order valence-electron chi connectivity index (χ2n) is 4.36. The molecule has 0 aliphatic heterocycles. The summed E-state index contributed by atoms with van der Waals surface area (Å²) in [7, 11) is 1.32. The van der Waals surface area contributed by atoms with Crippen LogP contribution in [0.3, 0.4) is 0 Å². The standard InChI is InChI=1S/C16H14INO4/c1-21-16(20)12-7-13(17)15(18-10-19)14(8-12)22-9-11-5-3-2-4-6-11/h2-8,10H,9H2,1H3,(H,18,19). The van der Waals surface area contributed by atoms with E-state index in [1.165, 1.54) is 7.11 Å². The minimum atomic E-state index is -0.458. The zero-order valence-corrected chi connectivity index (χ0v) is 14.0. The number of hydrogen-bond donors (Lipinski definition) is 1. The van der Waals surface area contributed by atoms with Gasteiger partial charge in [0, 0.05) is 3.57 Å². The third-order valence-electron chi connectivity index (χ3n) is 2.92. The summed E-state index contributed by atoms with van der Waals surface area (Å²) in [6.07, 6.45) is 0.574. The number of esters is 1. The van der Waals surface area contributed by atoms with Crippen LogP contribution in [0.5, 0.6) is 5.75 Å². The summed E-state index contributed by atoms with van der Waals surface area (Å²) in [4.78, 5) is 22.5. The zero-order chi connectivity index (χ0) is 15.9. The number of halogens is 1. The van der Waals surface area contributed by atoms with E-state index >= 15 is 0 Å². The minimum absolute atomic E-state index is 0.328. The van der Waals surface area contributed by atoms with Crippen LogP contribution in [0.4, 0.5) is 5.69 Å². The molecular weight excluding hydrogens is 397 g/mol. The van der Waals surface area contributed by atoms with Gasteiger partial charge in [-0.1, -0.05) is 30.3 Å². The van der Waals surface area contributed by atoms with Crippen molar-refractivity contribution >= 4 is 40.7 Å². The van der Waals surface area contributed by atoms with Gasteiger partial charge < -0.3 is 14.8 Å². The van der Waals surface area contributed by atoms with E-state index in [0.717, 1.165) is 5.56 Å². The van der Waals surface area contributed by atoms with Crippen molar-refractivity contribution in [3.63, 3.8) is 0 Å². The molecule has 0 aromatic heterocycles. The molecule has 5 nitrogen and oxygen atoms in total. The maximum atomic E-state index is 11.7. The molecule has 0 bridgehead atoms. The summed E-state index contributed by atoms with van der Waals surface area (Å²) in [6, 6.07) is 12.8. The Morgan fingerprint density at radius 1 is 1.27 bits per heavy atom. The van der Waals surface area contributed by atoms with Crippen LogP contribution in [-0.4, -0.2) is 19.5 Å². The molecule has 2 rings (SSSR count). The number of anilines is 1. The number of nitrogens with one attached hydrogen (secondary N) is 1. The maximum absolute atomic E-state index is 11.7. The highest BCUT2D eigenvalue weighted by molar-refractivity contribution is 14.1. The molecule has 0 aliphatic rings. The molecule has 114 valence electrons. The van der Waals surface area contributed by atoms with E-state index in [9.17, 15) is 9.59 Å². The monoisotopic (exact) mass is 411 g/mol. The summed E-state index contributed by atoms with van der Waals surface area (Å²) in [6.45, 7) is 0.328. The molecule has 0 fully saturated rings. The average Bonchev–Trinajstić information content (AvgIpc) is 2.55. The smallest absolute Gasteiger partial charge is 0.338 e. The fraction of sp³-hybridized carbons (Fsp3) is 0.125. The lowest BCUT2D eigenvalue weighted by Gasteiger charge is -2.14. The van der Waals surface area contributed by atoms with Crippen molar-refractivity contribution in [1.29, 1.82) is 0 Å². The topological polar surface area (TPSA) is 64.6 Å². The van der Waals surface area contributed by atoms with Crippen LogP contribution in [0.25, 0.3) is 0 Å². The fourth-order valence-electron chi connectivity index (χ4n) is 1.87. The third kappa shape index (κ3) is 3.97. The second-order valence-corrected chi connectivity index (χ2v) is 5.52. The van der Waals surface area contributed by atoms with Gasteiger partial charge in [0.1, 0.15) is 12.4 Å². The SMILES string of the molecule is COC(=O)c1cc(I)c(NC=O)c(OCc2ccccc2)c1. The van der Waals surface area contributed by atoms with Gasteiger partial charge in [-0.2, -0.15) is 0 Å². The highest BCUT2D eigenvalue weighted by Gasteiger charge is 2.15. The van der Waals surface area contributed by atoms with Crippen LogP contribution in [0.15, 0.2) is 42.5 Å². The van der Waals surface area contributed by atoms with Crippen LogP contribution in [0.2, 0.25) is 0 Å². The fourth-order valence-corrected chi connectivity index (χ4v) is 2.62. The molecule has 1 N–H and O–H groups in total. The molecule has 0 aliphatic carbocycles. The lowest BCUT2D eigenvalue weighted by molar-refractivity contribution is -0.105. The highest BCUT2D eigenvalue weighted by Crippen LogP contribution is 2.32. The average molecular weight is 411 g/mol. The van der Waals surface area contributed by atoms with Crippen LogP contribution >= 0.6 is 22.6 Å². The molecule has 0 radical (unpaired) electrons. The largest absolute Gasteiger partial charge is 0.487 e. The lowest BCUT2D eigenvalue weighted by Crippen LogP contribution is -2.07. The van der Waals surface area contributed by atoms with Gasteiger partial charge in [-0.25, -0.2) is 4.79 Å². The number of benzene rings is 2. The van der Waals surface area contributed by atoms with Gasteiger partial charge in [0.25, 0.3) is 0 Å². The Balaban J connectivity index is 2.31. The first-order valence-electron chi connectivity index (χ1n) is 6.44. The van der Waals surface area contributed by atoms with E-state index in [1.54, 1.807) is 12.1 Å². The van der Waals surface area contributed by atoms with Crippen LogP contribution < -0.4 is 10.1 Å². The predicted molar refractivity (Wildman–Crippen MR) is 91.0 cm³/mol. The number of hydrogen-bond acceptors (Lipinski definition) is 4. The molecule has 0 unspecified atom stereocenters. The van der Waals surface area contributed by atoms with Crippen molar-refractivity contribution in [3.05, 3.63) is 57.2 Å². The number of amides is 1.